The Kier molecular flexibility index (Phi) is 3.95. The maximum absolute atomic E-state index is 12.3. The molecule has 0 saturated carbocycles. The van der Waals surface area contributed by atoms with E-state index in [0.29, 0.717) is 18.2 Å². The lowest BCUT2D eigenvalue weighted by atomic mass is 9.92. The number of piperidine rings is 1. The molecule has 2 aliphatic rings. The number of ketones is 1. The first-order chi connectivity index (χ1) is 9.33. The van der Waals surface area contributed by atoms with Crippen molar-refractivity contribution >= 4 is 5.78 Å². The summed E-state index contributed by atoms with van der Waals surface area (Å²) in [5.41, 5.74) is 2.85. The molecule has 3 nitrogen and oxygen atoms in total. The van der Waals surface area contributed by atoms with Gasteiger partial charge in [-0.2, -0.15) is 0 Å². The molecule has 0 radical (unpaired) electrons. The van der Waals surface area contributed by atoms with Crippen LogP contribution in [0, 0.1) is 5.92 Å². The zero-order valence-electron chi connectivity index (χ0n) is 11.4. The molecule has 0 aromatic heterocycles. The van der Waals surface area contributed by atoms with Gasteiger partial charge in [0.25, 0.3) is 0 Å². The second-order valence-electron chi connectivity index (χ2n) is 5.72. The first-order valence-corrected chi connectivity index (χ1v) is 7.35. The Balaban J connectivity index is 1.58. The van der Waals surface area contributed by atoms with Gasteiger partial charge in [0.1, 0.15) is 5.78 Å². The van der Waals surface area contributed by atoms with E-state index >= 15 is 0 Å². The summed E-state index contributed by atoms with van der Waals surface area (Å²) in [5.74, 6) is 0.735. The molecule has 1 aromatic rings. The number of fused-ring (bicyclic) bond motifs is 1. The van der Waals surface area contributed by atoms with Crippen molar-refractivity contribution in [3.63, 3.8) is 0 Å². The summed E-state index contributed by atoms with van der Waals surface area (Å²) < 4.78 is 0. The van der Waals surface area contributed by atoms with E-state index in [1.165, 1.54) is 11.1 Å². The summed E-state index contributed by atoms with van der Waals surface area (Å²) in [6.45, 7) is 4.60. The van der Waals surface area contributed by atoms with Crippen LogP contribution < -0.4 is 5.32 Å². The number of hydrogen-bond acceptors (Lipinski definition) is 3. The summed E-state index contributed by atoms with van der Waals surface area (Å²) >= 11 is 0. The van der Waals surface area contributed by atoms with Crippen molar-refractivity contribution < 1.29 is 4.79 Å². The van der Waals surface area contributed by atoms with Crippen molar-refractivity contribution in [3.8, 4) is 0 Å². The molecule has 19 heavy (non-hydrogen) atoms. The highest BCUT2D eigenvalue weighted by molar-refractivity contribution is 5.83. The lowest BCUT2D eigenvalue weighted by Crippen LogP contribution is -2.40. The molecule has 3 heteroatoms. The first-order valence-electron chi connectivity index (χ1n) is 7.35. The van der Waals surface area contributed by atoms with Gasteiger partial charge < -0.3 is 5.32 Å². The number of nitrogens with zero attached hydrogens (tertiary/aromatic N) is 1. The Morgan fingerprint density at radius 3 is 2.74 bits per heavy atom. The third-order valence-electron chi connectivity index (χ3n) is 4.38. The van der Waals surface area contributed by atoms with Crippen molar-refractivity contribution in [2.24, 2.45) is 5.92 Å². The van der Waals surface area contributed by atoms with Crippen LogP contribution in [0.15, 0.2) is 24.3 Å². The smallest absolute Gasteiger partial charge is 0.150 e. The Morgan fingerprint density at radius 2 is 1.95 bits per heavy atom. The van der Waals surface area contributed by atoms with Gasteiger partial charge in [-0.05, 0) is 43.5 Å². The monoisotopic (exact) mass is 258 g/mol. The summed E-state index contributed by atoms with van der Waals surface area (Å²) in [6.07, 6.45) is 3.11. The van der Waals surface area contributed by atoms with Crippen LogP contribution in [0.25, 0.3) is 0 Å². The second-order valence-corrected chi connectivity index (χ2v) is 5.72. The molecule has 0 spiro atoms. The first kappa shape index (κ1) is 12.8. The number of carbonyl (C=O) groups excluding carboxylic acids is 1. The zero-order valence-corrected chi connectivity index (χ0v) is 11.4. The molecule has 0 unspecified atom stereocenters. The molecule has 1 saturated heterocycles. The summed E-state index contributed by atoms with van der Waals surface area (Å²) in [4.78, 5) is 14.6. The van der Waals surface area contributed by atoms with Crippen LogP contribution in [0.3, 0.4) is 0 Å². The summed E-state index contributed by atoms with van der Waals surface area (Å²) in [6, 6.07) is 8.60. The van der Waals surface area contributed by atoms with Gasteiger partial charge in [0.05, 0.1) is 6.54 Å². The number of hydrogen-bond donors (Lipinski definition) is 1. The van der Waals surface area contributed by atoms with Gasteiger partial charge in [-0.3, -0.25) is 9.69 Å². The van der Waals surface area contributed by atoms with Crippen molar-refractivity contribution in [1.82, 2.24) is 10.2 Å². The highest BCUT2D eigenvalue weighted by Crippen LogP contribution is 2.20. The molecule has 2 heterocycles. The number of carbonyl (C=O) groups is 1. The van der Waals surface area contributed by atoms with Gasteiger partial charge in [-0.25, -0.2) is 0 Å². The molecule has 0 bridgehead atoms. The third-order valence-corrected chi connectivity index (χ3v) is 4.38. The molecule has 0 aliphatic carbocycles. The number of Topliss-reactive ketones (excluding diaryl/α,β-unsaturated/α-hetero) is 1. The van der Waals surface area contributed by atoms with Gasteiger partial charge in [0.15, 0.2) is 0 Å². The van der Waals surface area contributed by atoms with Crippen LogP contribution in [-0.2, 0) is 17.8 Å². The van der Waals surface area contributed by atoms with Crippen molar-refractivity contribution in [2.45, 2.75) is 25.8 Å². The summed E-state index contributed by atoms with van der Waals surface area (Å²) in [7, 11) is 0. The molecule has 0 atom stereocenters. The summed E-state index contributed by atoms with van der Waals surface area (Å²) in [5, 5.41) is 3.32. The minimum atomic E-state index is 0.290. The van der Waals surface area contributed by atoms with Crippen molar-refractivity contribution in [2.75, 3.05) is 26.2 Å². The van der Waals surface area contributed by atoms with Crippen LogP contribution in [0.5, 0.6) is 0 Å². The number of rotatable bonds is 3. The highest BCUT2D eigenvalue weighted by Gasteiger charge is 2.24. The molecule has 3 rings (SSSR count). The minimum Gasteiger partial charge on any atom is -0.317 e. The standard InChI is InChI=1S/C16H22N2O/c19-16(14-5-8-17-9-6-14)12-18-10-7-13-3-1-2-4-15(13)11-18/h1-4,14,17H,5-12H2. The van der Waals surface area contributed by atoms with Gasteiger partial charge in [0.2, 0.25) is 0 Å². The van der Waals surface area contributed by atoms with Crippen LogP contribution in [0.4, 0.5) is 0 Å². The van der Waals surface area contributed by atoms with E-state index in [9.17, 15) is 4.79 Å². The molecular weight excluding hydrogens is 236 g/mol. The van der Waals surface area contributed by atoms with E-state index in [0.717, 1.165) is 45.4 Å². The van der Waals surface area contributed by atoms with Gasteiger partial charge in [0, 0.05) is 19.0 Å². The van der Waals surface area contributed by atoms with E-state index in [4.69, 9.17) is 0 Å². The van der Waals surface area contributed by atoms with E-state index in [1.54, 1.807) is 0 Å². The predicted octanol–water partition coefficient (Wildman–Crippen LogP) is 1.61. The van der Waals surface area contributed by atoms with Crippen LogP contribution >= 0.6 is 0 Å². The second kappa shape index (κ2) is 5.85. The van der Waals surface area contributed by atoms with E-state index in [2.05, 4.69) is 34.5 Å². The van der Waals surface area contributed by atoms with Crippen molar-refractivity contribution in [3.05, 3.63) is 35.4 Å². The van der Waals surface area contributed by atoms with E-state index in [1.807, 2.05) is 0 Å². The van der Waals surface area contributed by atoms with Gasteiger partial charge >= 0.3 is 0 Å². The molecule has 1 aromatic carbocycles. The Bertz CT molecular complexity index is 452. The third kappa shape index (κ3) is 3.04. The predicted molar refractivity (Wildman–Crippen MR) is 76.0 cm³/mol. The normalized spacial score (nSPS) is 21.1. The fraction of sp³-hybridized carbons (Fsp3) is 0.562. The van der Waals surface area contributed by atoms with Crippen LogP contribution in [0.2, 0.25) is 0 Å². The molecule has 1 fully saturated rings. The molecular formula is C16H22N2O. The minimum absolute atomic E-state index is 0.290. The SMILES string of the molecule is O=C(CN1CCc2ccccc2C1)C1CCNCC1. The lowest BCUT2D eigenvalue weighted by molar-refractivity contribution is -0.125. The van der Waals surface area contributed by atoms with Gasteiger partial charge in [-0.1, -0.05) is 24.3 Å². The lowest BCUT2D eigenvalue weighted by Gasteiger charge is -2.30. The Hall–Kier alpha value is -1.19. The topological polar surface area (TPSA) is 32.3 Å². The largest absolute Gasteiger partial charge is 0.317 e. The van der Waals surface area contributed by atoms with Crippen molar-refractivity contribution in [1.29, 1.82) is 0 Å². The van der Waals surface area contributed by atoms with E-state index < -0.39 is 0 Å². The molecule has 0 amide bonds. The Labute approximate surface area is 115 Å². The number of nitrogens with one attached hydrogen (secondary N) is 1. The average molecular weight is 258 g/mol. The van der Waals surface area contributed by atoms with Crippen LogP contribution in [0.1, 0.15) is 24.0 Å². The number of benzene rings is 1. The van der Waals surface area contributed by atoms with Gasteiger partial charge in [-0.15, -0.1) is 0 Å². The maximum atomic E-state index is 12.3. The molecule has 102 valence electrons. The molecule has 2 aliphatic heterocycles. The fourth-order valence-electron chi connectivity index (χ4n) is 3.18. The highest BCUT2D eigenvalue weighted by atomic mass is 16.1. The van der Waals surface area contributed by atoms with Crippen LogP contribution in [-0.4, -0.2) is 36.9 Å². The van der Waals surface area contributed by atoms with E-state index in [-0.39, 0.29) is 0 Å². The zero-order chi connectivity index (χ0) is 13.1. The average Bonchev–Trinajstić information content (AvgIpc) is 2.48. The Morgan fingerprint density at radius 1 is 1.21 bits per heavy atom. The fourth-order valence-corrected chi connectivity index (χ4v) is 3.18. The molecule has 1 N–H and O–H groups in total. The quantitative estimate of drug-likeness (QED) is 0.894. The maximum Gasteiger partial charge on any atom is 0.150 e.